The summed E-state index contributed by atoms with van der Waals surface area (Å²) in [6.07, 6.45) is 4.28. The van der Waals surface area contributed by atoms with E-state index >= 15 is 0 Å². The fourth-order valence-corrected chi connectivity index (χ4v) is 4.40. The van der Waals surface area contributed by atoms with Crippen molar-refractivity contribution in [3.63, 3.8) is 0 Å². The summed E-state index contributed by atoms with van der Waals surface area (Å²) in [6.45, 7) is 6.90. The molecule has 2 aliphatic rings. The van der Waals surface area contributed by atoms with Gasteiger partial charge in [-0.3, -0.25) is 0 Å². The second-order valence-electron chi connectivity index (χ2n) is 7.76. The highest BCUT2D eigenvalue weighted by molar-refractivity contribution is 5.60. The summed E-state index contributed by atoms with van der Waals surface area (Å²) < 4.78 is 0. The van der Waals surface area contributed by atoms with Crippen LogP contribution >= 0.6 is 0 Å². The molecule has 2 aliphatic carbocycles. The van der Waals surface area contributed by atoms with Crippen LogP contribution in [0.3, 0.4) is 0 Å². The standard InChI is InChI=1S/C19H27NO/c1-18(2)16-10-11-19(18,3)17(21)15(16)12-13-6-8-14(9-7-13)20(4)5/h6-9,12,16-17,21H,10-11H2,1-5H3/b15-12+. The van der Waals surface area contributed by atoms with Crippen molar-refractivity contribution in [2.75, 3.05) is 19.0 Å². The highest BCUT2D eigenvalue weighted by atomic mass is 16.3. The molecule has 0 aliphatic heterocycles. The number of aliphatic hydroxyl groups excluding tert-OH is 1. The number of anilines is 1. The highest BCUT2D eigenvalue weighted by Crippen LogP contribution is 2.67. The largest absolute Gasteiger partial charge is 0.388 e. The predicted molar refractivity (Wildman–Crippen MR) is 89.4 cm³/mol. The first kappa shape index (κ1) is 14.6. The quantitative estimate of drug-likeness (QED) is 0.889. The number of nitrogens with zero attached hydrogens (tertiary/aromatic N) is 1. The van der Waals surface area contributed by atoms with E-state index in [0.717, 1.165) is 6.42 Å². The van der Waals surface area contributed by atoms with Gasteiger partial charge in [-0.1, -0.05) is 39.0 Å². The summed E-state index contributed by atoms with van der Waals surface area (Å²) in [5.41, 5.74) is 3.88. The Balaban J connectivity index is 1.94. The molecule has 2 bridgehead atoms. The lowest BCUT2D eigenvalue weighted by Crippen LogP contribution is -2.35. The molecule has 2 nitrogen and oxygen atoms in total. The summed E-state index contributed by atoms with van der Waals surface area (Å²) in [5, 5.41) is 10.8. The van der Waals surface area contributed by atoms with Crippen LogP contribution in [0.1, 0.15) is 39.2 Å². The molecule has 3 unspecified atom stereocenters. The van der Waals surface area contributed by atoms with Gasteiger partial charge < -0.3 is 10.0 Å². The van der Waals surface area contributed by atoms with Crippen molar-refractivity contribution in [3.05, 3.63) is 35.4 Å². The molecule has 0 saturated heterocycles. The maximum absolute atomic E-state index is 10.8. The van der Waals surface area contributed by atoms with Gasteiger partial charge in [0.25, 0.3) is 0 Å². The first-order chi connectivity index (χ1) is 9.77. The number of rotatable bonds is 2. The zero-order valence-electron chi connectivity index (χ0n) is 13.9. The topological polar surface area (TPSA) is 23.5 Å². The van der Waals surface area contributed by atoms with E-state index < -0.39 is 0 Å². The Morgan fingerprint density at radius 2 is 1.76 bits per heavy atom. The van der Waals surface area contributed by atoms with Gasteiger partial charge in [0.05, 0.1) is 6.10 Å². The summed E-state index contributed by atoms with van der Waals surface area (Å²) >= 11 is 0. The third kappa shape index (κ3) is 1.96. The van der Waals surface area contributed by atoms with Crippen molar-refractivity contribution in [1.29, 1.82) is 0 Å². The molecular formula is C19H27NO. The molecule has 3 atom stereocenters. The fraction of sp³-hybridized carbons (Fsp3) is 0.579. The SMILES string of the molecule is CN(C)c1ccc(/C=C2\C3CCC(C)(C2O)C3(C)C)cc1. The van der Waals surface area contributed by atoms with Gasteiger partial charge in [-0.05, 0) is 47.4 Å². The van der Waals surface area contributed by atoms with Crippen molar-refractivity contribution in [1.82, 2.24) is 0 Å². The molecule has 2 saturated carbocycles. The lowest BCUT2D eigenvalue weighted by molar-refractivity contribution is 0.0264. The van der Waals surface area contributed by atoms with Gasteiger partial charge in [0.15, 0.2) is 0 Å². The molecule has 2 heteroatoms. The zero-order chi connectivity index (χ0) is 15.4. The number of benzene rings is 1. The van der Waals surface area contributed by atoms with Crippen LogP contribution in [0.2, 0.25) is 0 Å². The zero-order valence-corrected chi connectivity index (χ0v) is 13.9. The Morgan fingerprint density at radius 1 is 1.14 bits per heavy atom. The fourth-order valence-electron chi connectivity index (χ4n) is 4.40. The van der Waals surface area contributed by atoms with Crippen LogP contribution in [0.15, 0.2) is 29.8 Å². The molecule has 1 N–H and O–H groups in total. The first-order valence-corrected chi connectivity index (χ1v) is 7.94. The molecule has 0 amide bonds. The number of aliphatic hydroxyl groups is 1. The van der Waals surface area contributed by atoms with E-state index in [-0.39, 0.29) is 16.9 Å². The van der Waals surface area contributed by atoms with Gasteiger partial charge in [-0.15, -0.1) is 0 Å². The highest BCUT2D eigenvalue weighted by Gasteiger charge is 2.63. The molecule has 0 radical (unpaired) electrons. The molecule has 1 aromatic rings. The number of hydrogen-bond acceptors (Lipinski definition) is 2. The van der Waals surface area contributed by atoms with E-state index in [2.05, 4.69) is 70.1 Å². The summed E-state index contributed by atoms with van der Waals surface area (Å²) in [6, 6.07) is 8.57. The maximum atomic E-state index is 10.8. The lowest BCUT2D eigenvalue weighted by Gasteiger charge is -2.36. The Labute approximate surface area is 128 Å². The van der Waals surface area contributed by atoms with Crippen molar-refractivity contribution in [2.45, 2.75) is 39.7 Å². The molecular weight excluding hydrogens is 258 g/mol. The third-order valence-electron chi connectivity index (χ3n) is 6.36. The van der Waals surface area contributed by atoms with E-state index in [1.165, 1.54) is 23.2 Å². The second-order valence-corrected chi connectivity index (χ2v) is 7.76. The molecule has 0 aromatic heterocycles. The van der Waals surface area contributed by atoms with Crippen LogP contribution in [-0.4, -0.2) is 25.3 Å². The lowest BCUT2D eigenvalue weighted by atomic mass is 9.70. The van der Waals surface area contributed by atoms with E-state index in [0.29, 0.717) is 5.92 Å². The van der Waals surface area contributed by atoms with Crippen LogP contribution in [0, 0.1) is 16.7 Å². The van der Waals surface area contributed by atoms with Crippen LogP contribution in [0.25, 0.3) is 6.08 Å². The monoisotopic (exact) mass is 285 g/mol. The summed E-state index contributed by atoms with van der Waals surface area (Å²) in [4.78, 5) is 2.10. The van der Waals surface area contributed by atoms with Gasteiger partial charge in [0.1, 0.15) is 0 Å². The minimum Gasteiger partial charge on any atom is -0.388 e. The second kappa shape index (κ2) is 4.61. The number of hydrogen-bond donors (Lipinski definition) is 1. The van der Waals surface area contributed by atoms with E-state index in [4.69, 9.17) is 0 Å². The van der Waals surface area contributed by atoms with E-state index in [1.54, 1.807) is 0 Å². The van der Waals surface area contributed by atoms with E-state index in [1.807, 2.05) is 0 Å². The Bertz CT molecular complexity index is 570. The minimum atomic E-state index is -0.292. The summed E-state index contributed by atoms with van der Waals surface area (Å²) in [7, 11) is 4.10. The average Bonchev–Trinajstić information content (AvgIpc) is 2.74. The number of fused-ring (bicyclic) bond motifs is 2. The van der Waals surface area contributed by atoms with Crippen molar-refractivity contribution in [3.8, 4) is 0 Å². The Hall–Kier alpha value is -1.28. The minimum absolute atomic E-state index is 0.0348. The third-order valence-corrected chi connectivity index (χ3v) is 6.36. The summed E-state index contributed by atoms with van der Waals surface area (Å²) in [5.74, 6) is 0.519. The van der Waals surface area contributed by atoms with E-state index in [9.17, 15) is 5.11 Å². The van der Waals surface area contributed by atoms with Crippen LogP contribution < -0.4 is 4.90 Å². The van der Waals surface area contributed by atoms with Crippen LogP contribution in [0.5, 0.6) is 0 Å². The van der Waals surface area contributed by atoms with Gasteiger partial charge >= 0.3 is 0 Å². The van der Waals surface area contributed by atoms with Gasteiger partial charge in [0.2, 0.25) is 0 Å². The Kier molecular flexibility index (Phi) is 3.21. The molecule has 3 rings (SSSR count). The molecule has 114 valence electrons. The maximum Gasteiger partial charge on any atom is 0.0815 e. The van der Waals surface area contributed by atoms with Crippen LogP contribution in [-0.2, 0) is 0 Å². The molecule has 0 spiro atoms. The Morgan fingerprint density at radius 3 is 2.24 bits per heavy atom. The smallest absolute Gasteiger partial charge is 0.0815 e. The first-order valence-electron chi connectivity index (χ1n) is 7.94. The van der Waals surface area contributed by atoms with Gasteiger partial charge in [-0.25, -0.2) is 0 Å². The van der Waals surface area contributed by atoms with Crippen LogP contribution in [0.4, 0.5) is 5.69 Å². The normalized spacial score (nSPS) is 35.4. The van der Waals surface area contributed by atoms with Crippen molar-refractivity contribution in [2.24, 2.45) is 16.7 Å². The van der Waals surface area contributed by atoms with Gasteiger partial charge in [0, 0.05) is 25.2 Å². The molecule has 2 fully saturated rings. The van der Waals surface area contributed by atoms with Crippen molar-refractivity contribution < 1.29 is 5.11 Å². The predicted octanol–water partition coefficient (Wildman–Crippen LogP) is 3.95. The molecule has 0 heterocycles. The average molecular weight is 285 g/mol. The van der Waals surface area contributed by atoms with Gasteiger partial charge in [-0.2, -0.15) is 0 Å². The van der Waals surface area contributed by atoms with Crippen molar-refractivity contribution >= 4 is 11.8 Å². The molecule has 1 aromatic carbocycles. The molecule has 21 heavy (non-hydrogen) atoms.